The lowest BCUT2D eigenvalue weighted by molar-refractivity contribution is -0.121. The van der Waals surface area contributed by atoms with Gasteiger partial charge in [0, 0.05) is 5.92 Å². The predicted molar refractivity (Wildman–Crippen MR) is 41.0 cm³/mol. The van der Waals surface area contributed by atoms with E-state index in [9.17, 15) is 4.79 Å². The zero-order chi connectivity index (χ0) is 7.84. The molecule has 2 aliphatic rings. The highest BCUT2D eigenvalue weighted by atomic mass is 16.5. The fourth-order valence-electron chi connectivity index (χ4n) is 1.80. The van der Waals surface area contributed by atoms with Gasteiger partial charge < -0.3 is 4.74 Å². The van der Waals surface area contributed by atoms with E-state index in [1.54, 1.807) is 0 Å². The molecule has 0 aromatic carbocycles. The molecule has 0 saturated heterocycles. The van der Waals surface area contributed by atoms with Gasteiger partial charge in [0.1, 0.15) is 0 Å². The standard InChI is InChI=1S/C9H12O2/c1-6-5-7-3-2-4-11-9(7)8(6)10/h6H,2-5H2,1H3/t6-/m1/s1. The van der Waals surface area contributed by atoms with Crippen molar-refractivity contribution in [2.24, 2.45) is 5.92 Å². The zero-order valence-electron chi connectivity index (χ0n) is 6.72. The number of carbonyl (C=O) groups excluding carboxylic acids is 1. The van der Waals surface area contributed by atoms with Gasteiger partial charge in [0.25, 0.3) is 0 Å². The van der Waals surface area contributed by atoms with E-state index in [2.05, 4.69) is 0 Å². The summed E-state index contributed by atoms with van der Waals surface area (Å²) in [6.07, 6.45) is 3.10. The Morgan fingerprint density at radius 1 is 1.55 bits per heavy atom. The van der Waals surface area contributed by atoms with Crippen LogP contribution in [0.1, 0.15) is 26.2 Å². The first-order chi connectivity index (χ1) is 5.29. The maximum Gasteiger partial charge on any atom is 0.200 e. The lowest BCUT2D eigenvalue weighted by Crippen LogP contribution is -2.10. The van der Waals surface area contributed by atoms with Crippen LogP contribution >= 0.6 is 0 Å². The first kappa shape index (κ1) is 6.89. The number of rotatable bonds is 0. The monoisotopic (exact) mass is 152 g/mol. The Bertz CT molecular complexity index is 228. The quantitative estimate of drug-likeness (QED) is 0.527. The normalized spacial score (nSPS) is 30.3. The van der Waals surface area contributed by atoms with E-state index in [0.717, 1.165) is 25.9 Å². The topological polar surface area (TPSA) is 26.3 Å². The highest BCUT2D eigenvalue weighted by molar-refractivity contribution is 5.98. The third-order valence-electron chi connectivity index (χ3n) is 2.41. The Balaban J connectivity index is 2.27. The molecule has 60 valence electrons. The van der Waals surface area contributed by atoms with E-state index in [0.29, 0.717) is 5.76 Å². The number of allylic oxidation sites excluding steroid dienone is 2. The number of Topliss-reactive ketones (excluding diaryl/α,β-unsaturated/α-hetero) is 1. The molecule has 0 fully saturated rings. The van der Waals surface area contributed by atoms with Gasteiger partial charge in [-0.15, -0.1) is 0 Å². The summed E-state index contributed by atoms with van der Waals surface area (Å²) in [5.74, 6) is 1.10. The summed E-state index contributed by atoms with van der Waals surface area (Å²) in [5, 5.41) is 0. The number of ketones is 1. The summed E-state index contributed by atoms with van der Waals surface area (Å²) in [6, 6.07) is 0. The molecule has 0 aromatic heterocycles. The van der Waals surface area contributed by atoms with Crippen molar-refractivity contribution in [1.82, 2.24) is 0 Å². The molecule has 1 atom stereocenters. The molecular formula is C9H12O2. The summed E-state index contributed by atoms with van der Waals surface area (Å²) in [4.78, 5) is 11.4. The fraction of sp³-hybridized carbons (Fsp3) is 0.667. The zero-order valence-corrected chi connectivity index (χ0v) is 6.72. The van der Waals surface area contributed by atoms with Crippen LogP contribution in [0.4, 0.5) is 0 Å². The van der Waals surface area contributed by atoms with Crippen LogP contribution in [0.3, 0.4) is 0 Å². The molecule has 1 aliphatic heterocycles. The van der Waals surface area contributed by atoms with Gasteiger partial charge in [-0.25, -0.2) is 0 Å². The van der Waals surface area contributed by atoms with Crippen LogP contribution in [-0.4, -0.2) is 12.4 Å². The molecule has 0 unspecified atom stereocenters. The van der Waals surface area contributed by atoms with E-state index in [-0.39, 0.29) is 11.7 Å². The Morgan fingerprint density at radius 2 is 2.36 bits per heavy atom. The van der Waals surface area contributed by atoms with Crippen molar-refractivity contribution in [1.29, 1.82) is 0 Å². The molecule has 0 bridgehead atoms. The first-order valence-electron chi connectivity index (χ1n) is 4.18. The van der Waals surface area contributed by atoms with Crippen molar-refractivity contribution in [3.8, 4) is 0 Å². The minimum Gasteiger partial charge on any atom is -0.490 e. The molecule has 1 heterocycles. The minimum absolute atomic E-state index is 0.179. The average Bonchev–Trinajstić information content (AvgIpc) is 2.30. The van der Waals surface area contributed by atoms with Crippen LogP contribution in [-0.2, 0) is 9.53 Å². The second-order valence-electron chi connectivity index (χ2n) is 3.35. The lowest BCUT2D eigenvalue weighted by atomic mass is 10.1. The molecule has 1 aliphatic carbocycles. The number of hydrogen-bond acceptors (Lipinski definition) is 2. The number of ether oxygens (including phenoxy) is 1. The second kappa shape index (κ2) is 2.36. The molecule has 2 heteroatoms. The third-order valence-corrected chi connectivity index (χ3v) is 2.41. The van der Waals surface area contributed by atoms with E-state index in [4.69, 9.17) is 4.74 Å². The molecule has 0 spiro atoms. The van der Waals surface area contributed by atoms with Crippen LogP contribution in [0.2, 0.25) is 0 Å². The highest BCUT2D eigenvalue weighted by Crippen LogP contribution is 2.34. The molecular weight excluding hydrogens is 140 g/mol. The molecule has 0 aromatic rings. The van der Waals surface area contributed by atoms with E-state index in [1.807, 2.05) is 6.92 Å². The molecule has 0 radical (unpaired) electrons. The molecule has 0 saturated carbocycles. The van der Waals surface area contributed by atoms with Gasteiger partial charge >= 0.3 is 0 Å². The predicted octanol–water partition coefficient (Wildman–Crippen LogP) is 1.66. The lowest BCUT2D eigenvalue weighted by Gasteiger charge is -2.13. The van der Waals surface area contributed by atoms with Crippen molar-refractivity contribution in [2.75, 3.05) is 6.61 Å². The van der Waals surface area contributed by atoms with Gasteiger partial charge in [0.15, 0.2) is 11.5 Å². The minimum atomic E-state index is 0.179. The van der Waals surface area contributed by atoms with Crippen molar-refractivity contribution < 1.29 is 9.53 Å². The second-order valence-corrected chi connectivity index (χ2v) is 3.35. The van der Waals surface area contributed by atoms with Crippen molar-refractivity contribution in [3.05, 3.63) is 11.3 Å². The Morgan fingerprint density at radius 3 is 3.09 bits per heavy atom. The SMILES string of the molecule is C[C@@H]1CC2=C(OCCC2)C1=O. The van der Waals surface area contributed by atoms with Crippen LogP contribution < -0.4 is 0 Å². The maximum absolute atomic E-state index is 11.4. The van der Waals surface area contributed by atoms with Gasteiger partial charge in [-0.1, -0.05) is 6.92 Å². The molecule has 2 rings (SSSR count). The summed E-state index contributed by atoms with van der Waals surface area (Å²) in [6.45, 7) is 2.71. The van der Waals surface area contributed by atoms with E-state index in [1.165, 1.54) is 5.57 Å². The van der Waals surface area contributed by atoms with Gasteiger partial charge in [-0.2, -0.15) is 0 Å². The maximum atomic E-state index is 11.4. The van der Waals surface area contributed by atoms with Crippen molar-refractivity contribution >= 4 is 5.78 Å². The number of carbonyl (C=O) groups is 1. The summed E-state index contributed by atoms with van der Waals surface area (Å²) in [7, 11) is 0. The molecule has 0 amide bonds. The van der Waals surface area contributed by atoms with Crippen LogP contribution in [0.5, 0.6) is 0 Å². The van der Waals surface area contributed by atoms with Crippen molar-refractivity contribution in [3.63, 3.8) is 0 Å². The summed E-state index contributed by atoms with van der Waals surface area (Å²) < 4.78 is 5.31. The van der Waals surface area contributed by atoms with E-state index < -0.39 is 0 Å². The Hall–Kier alpha value is -0.790. The fourth-order valence-corrected chi connectivity index (χ4v) is 1.80. The summed E-state index contributed by atoms with van der Waals surface area (Å²) >= 11 is 0. The van der Waals surface area contributed by atoms with Gasteiger partial charge in [-0.3, -0.25) is 4.79 Å². The first-order valence-corrected chi connectivity index (χ1v) is 4.18. The third kappa shape index (κ3) is 0.971. The van der Waals surface area contributed by atoms with Gasteiger partial charge in [0.2, 0.25) is 0 Å². The highest BCUT2D eigenvalue weighted by Gasteiger charge is 2.32. The average molecular weight is 152 g/mol. The number of hydrogen-bond donors (Lipinski definition) is 0. The van der Waals surface area contributed by atoms with Crippen molar-refractivity contribution in [2.45, 2.75) is 26.2 Å². The largest absolute Gasteiger partial charge is 0.490 e. The Kier molecular flexibility index (Phi) is 1.48. The van der Waals surface area contributed by atoms with Gasteiger partial charge in [-0.05, 0) is 24.8 Å². The van der Waals surface area contributed by atoms with Crippen LogP contribution in [0.15, 0.2) is 11.3 Å². The van der Waals surface area contributed by atoms with Crippen LogP contribution in [0.25, 0.3) is 0 Å². The van der Waals surface area contributed by atoms with E-state index >= 15 is 0 Å². The Labute approximate surface area is 66.2 Å². The van der Waals surface area contributed by atoms with Crippen LogP contribution in [0, 0.1) is 5.92 Å². The molecule has 2 nitrogen and oxygen atoms in total. The smallest absolute Gasteiger partial charge is 0.200 e. The molecule has 0 N–H and O–H groups in total. The molecule has 11 heavy (non-hydrogen) atoms. The summed E-state index contributed by atoms with van der Waals surface area (Å²) in [5.41, 5.74) is 1.26. The van der Waals surface area contributed by atoms with Gasteiger partial charge in [0.05, 0.1) is 6.61 Å².